The van der Waals surface area contributed by atoms with Gasteiger partial charge in [-0.2, -0.15) is 0 Å². The largest absolute Gasteiger partial charge is 0.497 e. The lowest BCUT2D eigenvalue weighted by molar-refractivity contribution is 0.387. The van der Waals surface area contributed by atoms with Crippen molar-refractivity contribution in [3.63, 3.8) is 0 Å². The van der Waals surface area contributed by atoms with Crippen molar-refractivity contribution in [1.82, 2.24) is 5.32 Å². The topological polar surface area (TPSA) is 24.5 Å². The van der Waals surface area contributed by atoms with Gasteiger partial charge in [-0.05, 0) is 37.1 Å². The Balaban J connectivity index is 1.88. The fourth-order valence-corrected chi connectivity index (χ4v) is 2.57. The summed E-state index contributed by atoms with van der Waals surface area (Å²) in [5.74, 6) is 0.926. The van der Waals surface area contributed by atoms with Crippen molar-refractivity contribution in [3.05, 3.63) is 24.3 Å². The van der Waals surface area contributed by atoms with Gasteiger partial charge in [0.25, 0.3) is 0 Å². The molecule has 0 aliphatic carbocycles. The van der Waals surface area contributed by atoms with Gasteiger partial charge < -0.3 is 15.0 Å². The number of benzene rings is 1. The van der Waals surface area contributed by atoms with Crippen LogP contribution in [0.1, 0.15) is 26.7 Å². The maximum atomic E-state index is 5.19. The molecule has 1 aromatic carbocycles. The fourth-order valence-electron chi connectivity index (χ4n) is 2.57. The number of methoxy groups -OCH3 is 1. The lowest BCUT2D eigenvalue weighted by atomic mass is 10.0. The molecular formula is C15H24N2O. The van der Waals surface area contributed by atoms with Crippen LogP contribution in [0.4, 0.5) is 5.69 Å². The van der Waals surface area contributed by atoms with E-state index < -0.39 is 0 Å². The Morgan fingerprint density at radius 1 is 1.17 bits per heavy atom. The minimum absolute atomic E-state index is 0.586. The van der Waals surface area contributed by atoms with E-state index in [2.05, 4.69) is 36.2 Å². The Kier molecular flexibility index (Phi) is 4.48. The van der Waals surface area contributed by atoms with Gasteiger partial charge >= 0.3 is 0 Å². The Morgan fingerprint density at radius 2 is 1.78 bits per heavy atom. The lowest BCUT2D eigenvalue weighted by Gasteiger charge is -2.35. The molecule has 3 heteroatoms. The molecule has 1 aromatic rings. The maximum absolute atomic E-state index is 5.19. The molecule has 0 spiro atoms. The fraction of sp³-hybridized carbons (Fsp3) is 0.600. The van der Waals surface area contributed by atoms with Gasteiger partial charge in [-0.25, -0.2) is 0 Å². The zero-order valence-electron chi connectivity index (χ0n) is 11.6. The third-order valence-corrected chi connectivity index (χ3v) is 3.50. The number of nitrogens with zero attached hydrogens (tertiary/aromatic N) is 1. The van der Waals surface area contributed by atoms with Crippen LogP contribution >= 0.6 is 0 Å². The van der Waals surface area contributed by atoms with Crippen LogP contribution in [0, 0.1) is 0 Å². The molecule has 1 aliphatic heterocycles. The molecule has 0 atom stereocenters. The molecule has 100 valence electrons. The maximum Gasteiger partial charge on any atom is 0.119 e. The first-order valence-electron chi connectivity index (χ1n) is 6.84. The molecule has 1 heterocycles. The van der Waals surface area contributed by atoms with Crippen molar-refractivity contribution in [2.24, 2.45) is 0 Å². The zero-order chi connectivity index (χ0) is 13.0. The summed E-state index contributed by atoms with van der Waals surface area (Å²) in [6.45, 7) is 6.71. The minimum Gasteiger partial charge on any atom is -0.497 e. The van der Waals surface area contributed by atoms with E-state index in [0.717, 1.165) is 18.8 Å². The van der Waals surface area contributed by atoms with Crippen LogP contribution in [0.5, 0.6) is 5.75 Å². The number of hydrogen-bond donors (Lipinski definition) is 1. The first-order valence-corrected chi connectivity index (χ1v) is 6.84. The standard InChI is InChI=1S/C15H24N2O/c1-12(2)16-13-8-10-17(11-9-13)14-4-6-15(18-3)7-5-14/h4-7,12-13,16H,8-11H2,1-3H3. The molecule has 1 fully saturated rings. The summed E-state index contributed by atoms with van der Waals surface area (Å²) in [7, 11) is 1.71. The molecule has 0 radical (unpaired) electrons. The van der Waals surface area contributed by atoms with E-state index in [4.69, 9.17) is 4.74 Å². The summed E-state index contributed by atoms with van der Waals surface area (Å²) < 4.78 is 5.19. The average molecular weight is 248 g/mol. The van der Waals surface area contributed by atoms with Gasteiger partial charge in [0.15, 0.2) is 0 Å². The molecule has 0 unspecified atom stereocenters. The second-order valence-corrected chi connectivity index (χ2v) is 5.28. The van der Waals surface area contributed by atoms with Crippen molar-refractivity contribution in [2.75, 3.05) is 25.1 Å². The molecular weight excluding hydrogens is 224 g/mol. The van der Waals surface area contributed by atoms with Gasteiger partial charge in [-0.3, -0.25) is 0 Å². The molecule has 0 aromatic heterocycles. The molecule has 1 saturated heterocycles. The van der Waals surface area contributed by atoms with Gasteiger partial charge in [0.2, 0.25) is 0 Å². The zero-order valence-corrected chi connectivity index (χ0v) is 11.6. The van der Waals surface area contributed by atoms with Crippen molar-refractivity contribution in [3.8, 4) is 5.75 Å². The molecule has 1 N–H and O–H groups in total. The lowest BCUT2D eigenvalue weighted by Crippen LogP contribution is -2.44. The SMILES string of the molecule is COc1ccc(N2CCC(NC(C)C)CC2)cc1. The highest BCUT2D eigenvalue weighted by molar-refractivity contribution is 5.49. The van der Waals surface area contributed by atoms with E-state index in [1.807, 2.05) is 12.1 Å². The smallest absolute Gasteiger partial charge is 0.119 e. The van der Waals surface area contributed by atoms with E-state index >= 15 is 0 Å². The third kappa shape index (κ3) is 3.39. The summed E-state index contributed by atoms with van der Waals surface area (Å²) in [5.41, 5.74) is 1.30. The van der Waals surface area contributed by atoms with Crippen LogP contribution in [-0.4, -0.2) is 32.3 Å². The van der Waals surface area contributed by atoms with Crippen molar-refractivity contribution in [1.29, 1.82) is 0 Å². The van der Waals surface area contributed by atoms with E-state index in [0.29, 0.717) is 12.1 Å². The number of hydrogen-bond acceptors (Lipinski definition) is 3. The van der Waals surface area contributed by atoms with E-state index in [1.165, 1.54) is 18.5 Å². The van der Waals surface area contributed by atoms with E-state index in [-0.39, 0.29) is 0 Å². The molecule has 0 saturated carbocycles. The third-order valence-electron chi connectivity index (χ3n) is 3.50. The monoisotopic (exact) mass is 248 g/mol. The molecule has 0 amide bonds. The first-order chi connectivity index (χ1) is 8.69. The van der Waals surface area contributed by atoms with Crippen molar-refractivity contribution in [2.45, 2.75) is 38.8 Å². The molecule has 1 aliphatic rings. The highest BCUT2D eigenvalue weighted by atomic mass is 16.5. The second-order valence-electron chi connectivity index (χ2n) is 5.28. The predicted molar refractivity (Wildman–Crippen MR) is 76.5 cm³/mol. The summed E-state index contributed by atoms with van der Waals surface area (Å²) in [5, 5.41) is 3.63. The minimum atomic E-state index is 0.586. The number of nitrogens with one attached hydrogen (secondary N) is 1. The summed E-state index contributed by atoms with van der Waals surface area (Å²) in [6, 6.07) is 9.63. The average Bonchev–Trinajstić information content (AvgIpc) is 2.39. The van der Waals surface area contributed by atoms with Crippen LogP contribution < -0.4 is 15.0 Å². The van der Waals surface area contributed by atoms with Crippen molar-refractivity contribution < 1.29 is 4.74 Å². The summed E-state index contributed by atoms with van der Waals surface area (Å²) in [4.78, 5) is 2.46. The van der Waals surface area contributed by atoms with E-state index in [1.54, 1.807) is 7.11 Å². The molecule has 2 rings (SSSR count). The summed E-state index contributed by atoms with van der Waals surface area (Å²) >= 11 is 0. The van der Waals surface area contributed by atoms with Crippen LogP contribution in [-0.2, 0) is 0 Å². The van der Waals surface area contributed by atoms with Crippen LogP contribution in [0.25, 0.3) is 0 Å². The predicted octanol–water partition coefficient (Wildman–Crippen LogP) is 2.66. The summed E-state index contributed by atoms with van der Waals surface area (Å²) in [6.07, 6.45) is 2.45. The number of rotatable bonds is 4. The van der Waals surface area contributed by atoms with Gasteiger partial charge in [0.1, 0.15) is 5.75 Å². The first kappa shape index (κ1) is 13.2. The van der Waals surface area contributed by atoms with Gasteiger partial charge in [-0.15, -0.1) is 0 Å². The normalized spacial score (nSPS) is 17.2. The Labute approximate surface area is 110 Å². The molecule has 3 nitrogen and oxygen atoms in total. The van der Waals surface area contributed by atoms with Crippen molar-refractivity contribution >= 4 is 5.69 Å². The number of ether oxygens (including phenoxy) is 1. The quantitative estimate of drug-likeness (QED) is 0.886. The van der Waals surface area contributed by atoms with Gasteiger partial charge in [0, 0.05) is 30.9 Å². The number of piperidine rings is 1. The van der Waals surface area contributed by atoms with Gasteiger partial charge in [-0.1, -0.05) is 13.8 Å². The van der Waals surface area contributed by atoms with Crippen LogP contribution in [0.3, 0.4) is 0 Å². The Hall–Kier alpha value is -1.22. The highest BCUT2D eigenvalue weighted by Gasteiger charge is 2.19. The van der Waals surface area contributed by atoms with Crippen LogP contribution in [0.15, 0.2) is 24.3 Å². The van der Waals surface area contributed by atoms with Gasteiger partial charge in [0.05, 0.1) is 7.11 Å². The second kappa shape index (κ2) is 6.10. The highest BCUT2D eigenvalue weighted by Crippen LogP contribution is 2.22. The number of anilines is 1. The Bertz CT molecular complexity index is 353. The van der Waals surface area contributed by atoms with Crippen LogP contribution in [0.2, 0.25) is 0 Å². The molecule has 0 bridgehead atoms. The molecule has 18 heavy (non-hydrogen) atoms. The Morgan fingerprint density at radius 3 is 2.28 bits per heavy atom. The van der Waals surface area contributed by atoms with E-state index in [9.17, 15) is 0 Å².